The minimum absolute atomic E-state index is 0.0311. The van der Waals surface area contributed by atoms with E-state index in [0.717, 1.165) is 5.56 Å². The Morgan fingerprint density at radius 3 is 2.76 bits per heavy atom. The Morgan fingerprint density at radius 2 is 2.24 bits per heavy atom. The molecule has 0 saturated carbocycles. The zero-order chi connectivity index (χ0) is 12.9. The van der Waals surface area contributed by atoms with Crippen LogP contribution in [0, 0.1) is 5.41 Å². The van der Waals surface area contributed by atoms with Crippen molar-refractivity contribution in [2.24, 2.45) is 5.41 Å². The van der Waals surface area contributed by atoms with Crippen LogP contribution in [0.4, 0.5) is 0 Å². The van der Waals surface area contributed by atoms with Gasteiger partial charge in [-0.25, -0.2) is 0 Å². The highest BCUT2D eigenvalue weighted by Crippen LogP contribution is 2.20. The lowest BCUT2D eigenvalue weighted by atomic mass is 9.89. The predicted octanol–water partition coefficient (Wildman–Crippen LogP) is 2.20. The third kappa shape index (κ3) is 6.44. The van der Waals surface area contributed by atoms with Gasteiger partial charge in [0.15, 0.2) is 0 Å². The number of hydrogen-bond acceptors (Lipinski definition) is 3. The van der Waals surface area contributed by atoms with Gasteiger partial charge in [-0.2, -0.15) is 11.3 Å². The van der Waals surface area contributed by atoms with E-state index in [0.29, 0.717) is 19.4 Å². The summed E-state index contributed by atoms with van der Waals surface area (Å²) < 4.78 is 0. The molecule has 0 aliphatic carbocycles. The predicted molar refractivity (Wildman–Crippen MR) is 71.1 cm³/mol. The quantitative estimate of drug-likeness (QED) is 0.847. The topological polar surface area (TPSA) is 49.3 Å². The third-order valence-corrected chi connectivity index (χ3v) is 3.06. The molecule has 3 nitrogen and oxygen atoms in total. The second kappa shape index (κ2) is 6.17. The highest BCUT2D eigenvalue weighted by molar-refractivity contribution is 7.07. The number of rotatable bonds is 5. The molecule has 1 heterocycles. The second-order valence-corrected chi connectivity index (χ2v) is 6.31. The van der Waals surface area contributed by atoms with Crippen molar-refractivity contribution in [2.45, 2.75) is 39.7 Å². The van der Waals surface area contributed by atoms with Crippen LogP contribution in [0.2, 0.25) is 0 Å². The molecule has 2 N–H and O–H groups in total. The summed E-state index contributed by atoms with van der Waals surface area (Å²) in [5.74, 6) is -0.0311. The van der Waals surface area contributed by atoms with Crippen molar-refractivity contribution < 1.29 is 9.90 Å². The first-order valence-electron chi connectivity index (χ1n) is 5.83. The Kier molecular flexibility index (Phi) is 5.15. The van der Waals surface area contributed by atoms with Crippen LogP contribution in [0.3, 0.4) is 0 Å². The molecule has 1 aromatic heterocycles. The van der Waals surface area contributed by atoms with Crippen molar-refractivity contribution in [1.29, 1.82) is 0 Å². The molecule has 0 bridgehead atoms. The van der Waals surface area contributed by atoms with Crippen molar-refractivity contribution in [3.05, 3.63) is 22.4 Å². The molecule has 1 rings (SSSR count). The van der Waals surface area contributed by atoms with Gasteiger partial charge in [0.2, 0.25) is 5.91 Å². The molecule has 1 aromatic rings. The highest BCUT2D eigenvalue weighted by Gasteiger charge is 2.17. The number of carbonyl (C=O) groups is 1. The average Bonchev–Trinajstić information content (AvgIpc) is 2.64. The van der Waals surface area contributed by atoms with Crippen molar-refractivity contribution in [3.63, 3.8) is 0 Å². The van der Waals surface area contributed by atoms with E-state index in [1.807, 2.05) is 16.8 Å². The average molecular weight is 255 g/mol. The molecular weight excluding hydrogens is 234 g/mol. The lowest BCUT2D eigenvalue weighted by molar-refractivity contribution is -0.121. The van der Waals surface area contributed by atoms with E-state index in [4.69, 9.17) is 0 Å². The van der Waals surface area contributed by atoms with Crippen LogP contribution in [-0.2, 0) is 11.2 Å². The minimum Gasteiger partial charge on any atom is -0.391 e. The highest BCUT2D eigenvalue weighted by atomic mass is 32.1. The fourth-order valence-electron chi connectivity index (χ4n) is 1.65. The molecule has 0 aromatic carbocycles. The number of thiophene rings is 1. The molecule has 1 amide bonds. The summed E-state index contributed by atoms with van der Waals surface area (Å²) in [5.41, 5.74) is 1.11. The maximum atomic E-state index is 11.6. The molecule has 1 atom stereocenters. The maximum Gasteiger partial charge on any atom is 0.224 e. The van der Waals surface area contributed by atoms with E-state index in [2.05, 4.69) is 26.1 Å². The number of aliphatic hydroxyl groups is 1. The summed E-state index contributed by atoms with van der Waals surface area (Å²) in [6.45, 7) is 6.55. The summed E-state index contributed by atoms with van der Waals surface area (Å²) in [5, 5.41) is 16.4. The largest absolute Gasteiger partial charge is 0.391 e. The van der Waals surface area contributed by atoms with Gasteiger partial charge in [0.05, 0.1) is 12.5 Å². The summed E-state index contributed by atoms with van der Waals surface area (Å²) in [6, 6.07) is 1.94. The summed E-state index contributed by atoms with van der Waals surface area (Å²) in [6.07, 6.45) is 0.610. The maximum absolute atomic E-state index is 11.6. The first-order chi connectivity index (χ1) is 7.87. The fraction of sp³-hybridized carbons (Fsp3) is 0.615. The van der Waals surface area contributed by atoms with E-state index in [1.54, 1.807) is 11.3 Å². The van der Waals surface area contributed by atoms with Gasteiger partial charge in [-0.15, -0.1) is 0 Å². The number of carbonyl (C=O) groups excluding carboxylic acids is 1. The van der Waals surface area contributed by atoms with Gasteiger partial charge in [0, 0.05) is 6.54 Å². The van der Waals surface area contributed by atoms with Crippen LogP contribution >= 0.6 is 11.3 Å². The molecule has 96 valence electrons. The molecule has 0 aliphatic rings. The van der Waals surface area contributed by atoms with Gasteiger partial charge in [0.1, 0.15) is 0 Å². The van der Waals surface area contributed by atoms with Crippen LogP contribution in [0.25, 0.3) is 0 Å². The van der Waals surface area contributed by atoms with Gasteiger partial charge in [-0.05, 0) is 34.2 Å². The van der Waals surface area contributed by atoms with Crippen LogP contribution in [0.5, 0.6) is 0 Å². The zero-order valence-corrected chi connectivity index (χ0v) is 11.5. The van der Waals surface area contributed by atoms with Crippen LogP contribution in [0.1, 0.15) is 32.8 Å². The molecule has 0 fully saturated rings. The smallest absolute Gasteiger partial charge is 0.224 e. The molecule has 0 spiro atoms. The van der Waals surface area contributed by atoms with Crippen LogP contribution in [0.15, 0.2) is 16.8 Å². The number of hydrogen-bond donors (Lipinski definition) is 2. The van der Waals surface area contributed by atoms with Gasteiger partial charge >= 0.3 is 0 Å². The van der Waals surface area contributed by atoms with E-state index in [1.165, 1.54) is 0 Å². The Labute approximate surface area is 107 Å². The second-order valence-electron chi connectivity index (χ2n) is 5.53. The number of nitrogens with one attached hydrogen (secondary N) is 1. The van der Waals surface area contributed by atoms with Gasteiger partial charge in [-0.1, -0.05) is 20.8 Å². The summed E-state index contributed by atoms with van der Waals surface area (Å²) >= 11 is 1.58. The van der Waals surface area contributed by atoms with E-state index >= 15 is 0 Å². The molecule has 0 aliphatic heterocycles. The standard InChI is InChI=1S/C13H21NO2S/c1-13(2,3)7-11(15)8-14-12(16)6-10-4-5-17-9-10/h4-5,9,11,15H,6-8H2,1-3H3,(H,14,16). The summed E-state index contributed by atoms with van der Waals surface area (Å²) in [7, 11) is 0. The monoisotopic (exact) mass is 255 g/mol. The molecular formula is C13H21NO2S. The SMILES string of the molecule is CC(C)(C)CC(O)CNC(=O)Cc1ccsc1. The number of amides is 1. The Hall–Kier alpha value is -0.870. The van der Waals surface area contributed by atoms with Gasteiger partial charge < -0.3 is 10.4 Å². The van der Waals surface area contributed by atoms with Crippen molar-refractivity contribution in [3.8, 4) is 0 Å². The van der Waals surface area contributed by atoms with Crippen LogP contribution < -0.4 is 5.32 Å². The molecule has 4 heteroatoms. The fourth-order valence-corrected chi connectivity index (χ4v) is 2.32. The Balaban J connectivity index is 2.24. The molecule has 0 radical (unpaired) electrons. The first-order valence-corrected chi connectivity index (χ1v) is 6.77. The molecule has 0 saturated heterocycles. The zero-order valence-electron chi connectivity index (χ0n) is 10.7. The molecule has 1 unspecified atom stereocenters. The minimum atomic E-state index is -0.471. The lowest BCUT2D eigenvalue weighted by Crippen LogP contribution is -2.34. The number of aliphatic hydroxyl groups excluding tert-OH is 1. The van der Waals surface area contributed by atoms with Gasteiger partial charge in [0.25, 0.3) is 0 Å². The lowest BCUT2D eigenvalue weighted by Gasteiger charge is -2.22. The Morgan fingerprint density at radius 1 is 1.53 bits per heavy atom. The van der Waals surface area contributed by atoms with Crippen molar-refractivity contribution >= 4 is 17.2 Å². The normalized spacial score (nSPS) is 13.4. The van der Waals surface area contributed by atoms with Crippen molar-refractivity contribution in [2.75, 3.05) is 6.54 Å². The van der Waals surface area contributed by atoms with E-state index in [-0.39, 0.29) is 11.3 Å². The first kappa shape index (κ1) is 14.2. The van der Waals surface area contributed by atoms with E-state index < -0.39 is 6.10 Å². The van der Waals surface area contributed by atoms with Crippen molar-refractivity contribution in [1.82, 2.24) is 5.32 Å². The molecule has 17 heavy (non-hydrogen) atoms. The van der Waals surface area contributed by atoms with Gasteiger partial charge in [-0.3, -0.25) is 4.79 Å². The summed E-state index contributed by atoms with van der Waals surface area (Å²) in [4.78, 5) is 11.6. The Bertz CT molecular complexity index is 341. The van der Waals surface area contributed by atoms with E-state index in [9.17, 15) is 9.90 Å². The van der Waals surface area contributed by atoms with Crippen LogP contribution in [-0.4, -0.2) is 23.7 Å². The third-order valence-electron chi connectivity index (χ3n) is 2.33.